The molecule has 12 heteroatoms. The number of imide groups is 1. The van der Waals surface area contributed by atoms with Gasteiger partial charge >= 0.3 is 11.8 Å². The number of urea groups is 1. The summed E-state index contributed by atoms with van der Waals surface area (Å²) in [5.74, 6) is -1.02. The number of nitro groups is 1. The predicted molar refractivity (Wildman–Crippen MR) is 115 cm³/mol. The minimum Gasteiger partial charge on any atom is -0.407 e. The fourth-order valence-electron chi connectivity index (χ4n) is 4.53. The molecule has 1 aromatic carbocycles. The van der Waals surface area contributed by atoms with Gasteiger partial charge in [0.15, 0.2) is 5.58 Å². The largest absolute Gasteiger partial charge is 0.419 e. The molecule has 1 spiro atoms. The van der Waals surface area contributed by atoms with Crippen LogP contribution in [0.1, 0.15) is 44.9 Å². The lowest BCUT2D eigenvalue weighted by Crippen LogP contribution is -2.44. The first-order valence-corrected chi connectivity index (χ1v) is 11.0. The Morgan fingerprint density at radius 2 is 1.94 bits per heavy atom. The third kappa shape index (κ3) is 4.45. The van der Waals surface area contributed by atoms with Crippen LogP contribution >= 0.6 is 0 Å². The summed E-state index contributed by atoms with van der Waals surface area (Å²) in [7, 11) is 0. The number of benzene rings is 1. The number of carbonyl (C=O) groups is 3. The zero-order valence-electron chi connectivity index (χ0n) is 18.0. The van der Waals surface area contributed by atoms with Crippen LogP contribution in [0.3, 0.4) is 0 Å². The molecule has 2 heterocycles. The van der Waals surface area contributed by atoms with Crippen molar-refractivity contribution in [2.45, 2.75) is 57.0 Å². The number of non-ortho nitro benzene ring substituents is 1. The van der Waals surface area contributed by atoms with E-state index in [2.05, 4.69) is 10.6 Å². The van der Waals surface area contributed by atoms with Crippen molar-refractivity contribution < 1.29 is 23.7 Å². The van der Waals surface area contributed by atoms with Crippen molar-refractivity contribution in [3.63, 3.8) is 0 Å². The first kappa shape index (κ1) is 22.5. The van der Waals surface area contributed by atoms with Gasteiger partial charge < -0.3 is 15.1 Å². The van der Waals surface area contributed by atoms with Crippen molar-refractivity contribution in [2.75, 3.05) is 13.1 Å². The van der Waals surface area contributed by atoms with Crippen LogP contribution in [0.25, 0.3) is 11.1 Å². The summed E-state index contributed by atoms with van der Waals surface area (Å²) in [4.78, 5) is 60.4. The molecule has 1 aliphatic carbocycles. The molecule has 33 heavy (non-hydrogen) atoms. The number of nitro benzene ring substituents is 1. The zero-order chi connectivity index (χ0) is 23.6. The molecule has 0 bridgehead atoms. The van der Waals surface area contributed by atoms with Crippen molar-refractivity contribution in [3.05, 3.63) is 38.9 Å². The first-order chi connectivity index (χ1) is 15.8. The SMILES string of the molecule is O=C(CCCn1c(=O)oc2cc([N+](=O)[O-])ccc21)NCCCN1C(=O)NC2(CCCC2)C1=O. The number of fused-ring (bicyclic) bond motifs is 1. The van der Waals surface area contributed by atoms with Crippen LogP contribution in [0.4, 0.5) is 10.5 Å². The van der Waals surface area contributed by atoms with E-state index in [9.17, 15) is 29.3 Å². The molecule has 1 aliphatic heterocycles. The molecule has 0 atom stereocenters. The van der Waals surface area contributed by atoms with Gasteiger partial charge in [-0.1, -0.05) is 12.8 Å². The van der Waals surface area contributed by atoms with E-state index >= 15 is 0 Å². The molecule has 176 valence electrons. The fourth-order valence-corrected chi connectivity index (χ4v) is 4.53. The van der Waals surface area contributed by atoms with Gasteiger partial charge in [-0.3, -0.25) is 29.2 Å². The van der Waals surface area contributed by atoms with E-state index in [4.69, 9.17) is 4.42 Å². The molecule has 2 aliphatic rings. The highest BCUT2D eigenvalue weighted by Crippen LogP contribution is 2.35. The van der Waals surface area contributed by atoms with Crippen LogP contribution in [0.5, 0.6) is 0 Å². The van der Waals surface area contributed by atoms with Crippen LogP contribution in [-0.4, -0.2) is 50.9 Å². The number of aromatic nitrogens is 1. The molecular formula is C21H25N5O7. The van der Waals surface area contributed by atoms with E-state index in [-0.39, 0.29) is 48.6 Å². The topological polar surface area (TPSA) is 157 Å². The van der Waals surface area contributed by atoms with Crippen molar-refractivity contribution in [1.82, 2.24) is 20.1 Å². The summed E-state index contributed by atoms with van der Waals surface area (Å²) in [6.07, 6.45) is 4.19. The number of amides is 4. The van der Waals surface area contributed by atoms with E-state index < -0.39 is 16.2 Å². The average Bonchev–Trinajstić information content (AvgIpc) is 3.43. The van der Waals surface area contributed by atoms with Crippen LogP contribution < -0.4 is 16.4 Å². The van der Waals surface area contributed by atoms with Gasteiger partial charge in [0.25, 0.3) is 11.6 Å². The maximum absolute atomic E-state index is 12.6. The molecule has 12 nitrogen and oxygen atoms in total. The Bertz CT molecular complexity index is 1160. The van der Waals surface area contributed by atoms with Crippen LogP contribution in [0.2, 0.25) is 0 Å². The highest BCUT2D eigenvalue weighted by molar-refractivity contribution is 6.07. The van der Waals surface area contributed by atoms with Crippen molar-refractivity contribution in [2.24, 2.45) is 0 Å². The Morgan fingerprint density at radius 3 is 2.67 bits per heavy atom. The number of rotatable bonds is 9. The normalized spacial score (nSPS) is 17.2. The number of nitrogens with one attached hydrogen (secondary N) is 2. The van der Waals surface area contributed by atoms with Gasteiger partial charge in [-0.05, 0) is 31.7 Å². The van der Waals surface area contributed by atoms with E-state index in [1.807, 2.05) is 0 Å². The van der Waals surface area contributed by atoms with E-state index in [1.165, 1.54) is 27.7 Å². The molecule has 1 aromatic heterocycles. The lowest BCUT2D eigenvalue weighted by molar-refractivity contribution is -0.384. The lowest BCUT2D eigenvalue weighted by Gasteiger charge is -2.20. The van der Waals surface area contributed by atoms with Gasteiger partial charge in [0.05, 0.1) is 16.5 Å². The molecule has 4 rings (SSSR count). The molecular weight excluding hydrogens is 434 g/mol. The third-order valence-electron chi connectivity index (χ3n) is 6.23. The summed E-state index contributed by atoms with van der Waals surface area (Å²) >= 11 is 0. The molecule has 2 N–H and O–H groups in total. The molecule has 4 amide bonds. The maximum atomic E-state index is 12.6. The van der Waals surface area contributed by atoms with Gasteiger partial charge in [-0.2, -0.15) is 0 Å². The Balaban J connectivity index is 1.20. The number of oxazole rings is 1. The van der Waals surface area contributed by atoms with E-state index in [1.54, 1.807) is 0 Å². The van der Waals surface area contributed by atoms with E-state index in [0.29, 0.717) is 37.7 Å². The van der Waals surface area contributed by atoms with Crippen molar-refractivity contribution in [1.29, 1.82) is 0 Å². The Morgan fingerprint density at radius 1 is 1.18 bits per heavy atom. The predicted octanol–water partition coefficient (Wildman–Crippen LogP) is 1.65. The van der Waals surface area contributed by atoms with Gasteiger partial charge in [0.1, 0.15) is 5.54 Å². The summed E-state index contributed by atoms with van der Waals surface area (Å²) in [6, 6.07) is 3.57. The summed E-state index contributed by atoms with van der Waals surface area (Å²) < 4.78 is 6.40. The summed E-state index contributed by atoms with van der Waals surface area (Å²) in [5, 5.41) is 16.4. The van der Waals surface area contributed by atoms with Gasteiger partial charge in [-0.25, -0.2) is 9.59 Å². The molecule has 2 aromatic rings. The number of aryl methyl sites for hydroxylation is 1. The highest BCUT2D eigenvalue weighted by atomic mass is 16.6. The van der Waals surface area contributed by atoms with E-state index in [0.717, 1.165) is 12.8 Å². The van der Waals surface area contributed by atoms with Gasteiger partial charge in [-0.15, -0.1) is 0 Å². The Hall–Kier alpha value is -3.70. The Kier molecular flexibility index (Phi) is 6.16. The minimum absolute atomic E-state index is 0.124. The second kappa shape index (κ2) is 9.04. The number of nitrogens with zero attached hydrogens (tertiary/aromatic N) is 3. The average molecular weight is 459 g/mol. The smallest absolute Gasteiger partial charge is 0.407 e. The Labute approximate surface area is 188 Å². The molecule has 0 radical (unpaired) electrons. The summed E-state index contributed by atoms with van der Waals surface area (Å²) in [6.45, 7) is 0.790. The number of carbonyl (C=O) groups excluding carboxylic acids is 3. The third-order valence-corrected chi connectivity index (χ3v) is 6.23. The molecule has 0 unspecified atom stereocenters. The van der Waals surface area contributed by atoms with Crippen molar-refractivity contribution in [3.8, 4) is 0 Å². The first-order valence-electron chi connectivity index (χ1n) is 11.0. The van der Waals surface area contributed by atoms with Gasteiger partial charge in [0.2, 0.25) is 5.91 Å². The standard InChI is InChI=1S/C21H25N5O7/c27-17(22-10-4-12-25-18(28)21(23-19(25)29)8-1-2-9-21)5-3-11-24-15-7-6-14(26(31)32)13-16(15)33-20(24)30/h6-7,13H,1-5,8-12H2,(H,22,27)(H,23,29). The van der Waals surface area contributed by atoms with Crippen LogP contribution in [0.15, 0.2) is 27.4 Å². The molecule has 1 saturated heterocycles. The minimum atomic E-state index is -0.722. The lowest BCUT2D eigenvalue weighted by atomic mass is 9.98. The second-order valence-electron chi connectivity index (χ2n) is 8.41. The fraction of sp³-hybridized carbons (Fsp3) is 0.524. The van der Waals surface area contributed by atoms with Crippen molar-refractivity contribution >= 4 is 34.6 Å². The van der Waals surface area contributed by atoms with Crippen LogP contribution in [0, 0.1) is 10.1 Å². The number of hydrogen-bond acceptors (Lipinski definition) is 7. The van der Waals surface area contributed by atoms with Crippen LogP contribution in [-0.2, 0) is 16.1 Å². The second-order valence-corrected chi connectivity index (χ2v) is 8.41. The summed E-state index contributed by atoms with van der Waals surface area (Å²) in [5.41, 5.74) is -0.340. The quantitative estimate of drug-likeness (QED) is 0.250. The molecule has 2 fully saturated rings. The number of hydrogen-bond donors (Lipinski definition) is 2. The molecule has 1 saturated carbocycles. The van der Waals surface area contributed by atoms with Gasteiger partial charge in [0, 0.05) is 32.1 Å². The zero-order valence-corrected chi connectivity index (χ0v) is 18.0. The highest BCUT2D eigenvalue weighted by Gasteiger charge is 2.51. The maximum Gasteiger partial charge on any atom is 0.419 e. The monoisotopic (exact) mass is 459 g/mol.